The zero-order valence-electron chi connectivity index (χ0n) is 21.5. The summed E-state index contributed by atoms with van der Waals surface area (Å²) < 4.78 is 26.7. The van der Waals surface area contributed by atoms with Gasteiger partial charge in [0.2, 0.25) is 11.7 Å². The average Bonchev–Trinajstić information content (AvgIpc) is 3.58. The SMILES string of the molecule is COC(=O)N1CC(c2nc(-c3cc(F)c(C)c(NC(=O)c4cnc5ccc(N6CCNCC6)cn45)c3)no2)C1. The quantitative estimate of drug-likeness (QED) is 0.397. The van der Waals surface area contributed by atoms with Crippen molar-refractivity contribution in [3.05, 3.63) is 59.6 Å². The lowest BCUT2D eigenvalue weighted by Crippen LogP contribution is -2.48. The van der Waals surface area contributed by atoms with Crippen LogP contribution in [0, 0.1) is 12.7 Å². The number of piperazine rings is 1. The molecule has 2 fully saturated rings. The number of likely N-dealkylation sites (tertiary alicyclic amines) is 1. The van der Waals surface area contributed by atoms with E-state index in [0.29, 0.717) is 35.9 Å². The maximum absolute atomic E-state index is 14.9. The molecule has 13 heteroatoms. The number of benzene rings is 1. The molecule has 0 saturated carbocycles. The van der Waals surface area contributed by atoms with Crippen molar-refractivity contribution < 1.29 is 23.2 Å². The van der Waals surface area contributed by atoms with E-state index in [2.05, 4.69) is 30.7 Å². The zero-order valence-corrected chi connectivity index (χ0v) is 21.5. The molecule has 4 aromatic rings. The second kappa shape index (κ2) is 9.98. The van der Waals surface area contributed by atoms with Crippen molar-refractivity contribution in [3.8, 4) is 11.4 Å². The first kappa shape index (κ1) is 24.8. The molecular weight excluding hydrogens is 507 g/mol. The second-order valence-corrected chi connectivity index (χ2v) is 9.61. The Hall–Kier alpha value is -4.52. The molecule has 2 N–H and O–H groups in total. The second-order valence-electron chi connectivity index (χ2n) is 9.61. The molecule has 0 bridgehead atoms. The van der Waals surface area contributed by atoms with Crippen molar-refractivity contribution in [2.75, 3.05) is 56.6 Å². The largest absolute Gasteiger partial charge is 0.453 e. The van der Waals surface area contributed by atoms with Crippen LogP contribution in [0.3, 0.4) is 0 Å². The molecule has 0 aliphatic carbocycles. The summed E-state index contributed by atoms with van der Waals surface area (Å²) >= 11 is 0. The zero-order chi connectivity index (χ0) is 27.1. The highest BCUT2D eigenvalue weighted by molar-refractivity contribution is 6.04. The predicted molar refractivity (Wildman–Crippen MR) is 139 cm³/mol. The van der Waals surface area contributed by atoms with E-state index < -0.39 is 17.8 Å². The number of carbonyl (C=O) groups excluding carboxylic acids is 2. The number of aromatic nitrogens is 4. The average molecular weight is 535 g/mol. The Bertz CT molecular complexity index is 1550. The minimum atomic E-state index is -0.520. The van der Waals surface area contributed by atoms with E-state index in [1.54, 1.807) is 17.4 Å². The van der Waals surface area contributed by atoms with E-state index in [-0.39, 0.29) is 23.0 Å². The van der Waals surface area contributed by atoms with Crippen molar-refractivity contribution in [1.82, 2.24) is 29.7 Å². The fourth-order valence-corrected chi connectivity index (χ4v) is 4.80. The molecule has 0 unspecified atom stereocenters. The van der Waals surface area contributed by atoms with Crippen molar-refractivity contribution >= 4 is 29.0 Å². The topological polar surface area (TPSA) is 130 Å². The summed E-state index contributed by atoms with van der Waals surface area (Å²) in [6.45, 7) is 5.91. The summed E-state index contributed by atoms with van der Waals surface area (Å²) in [4.78, 5) is 37.4. The van der Waals surface area contributed by atoms with Crippen LogP contribution in [-0.4, -0.2) is 82.8 Å². The van der Waals surface area contributed by atoms with E-state index in [9.17, 15) is 14.0 Å². The minimum absolute atomic E-state index is 0.124. The van der Waals surface area contributed by atoms with E-state index >= 15 is 0 Å². The molecule has 0 spiro atoms. The van der Waals surface area contributed by atoms with E-state index in [0.717, 1.165) is 31.9 Å². The third-order valence-electron chi connectivity index (χ3n) is 7.16. The first-order valence-corrected chi connectivity index (χ1v) is 12.6. The summed E-state index contributed by atoms with van der Waals surface area (Å²) in [6.07, 6.45) is 2.98. The summed E-state index contributed by atoms with van der Waals surface area (Å²) in [5.41, 5.74) is 2.88. The maximum Gasteiger partial charge on any atom is 0.409 e. The molecule has 0 radical (unpaired) electrons. The molecule has 202 valence electrons. The van der Waals surface area contributed by atoms with Crippen molar-refractivity contribution in [1.29, 1.82) is 0 Å². The number of imidazole rings is 1. The molecule has 12 nitrogen and oxygen atoms in total. The highest BCUT2D eigenvalue weighted by Crippen LogP contribution is 2.31. The first-order chi connectivity index (χ1) is 18.9. The van der Waals surface area contributed by atoms with Gasteiger partial charge in [-0.05, 0) is 31.2 Å². The number of anilines is 2. The Morgan fingerprint density at radius 3 is 2.77 bits per heavy atom. The number of carbonyl (C=O) groups is 2. The standard InChI is InChI=1S/C26H27FN8O4/c1-15-19(27)9-16(23-31-25(39-32-23)17-12-34(13-17)26(37)38-2)10-20(15)30-24(36)21-11-29-22-4-3-18(14-35(21)22)33-7-5-28-6-8-33/h3-4,9-11,14,17,28H,5-8,12-13H2,1-2H3,(H,30,36). The molecule has 3 aromatic heterocycles. The molecule has 2 saturated heterocycles. The van der Waals surface area contributed by atoms with E-state index in [1.807, 2.05) is 18.3 Å². The Morgan fingerprint density at radius 2 is 2.00 bits per heavy atom. The fourth-order valence-electron chi connectivity index (χ4n) is 4.80. The van der Waals surface area contributed by atoms with Crippen LogP contribution in [-0.2, 0) is 4.74 Å². The molecule has 0 atom stereocenters. The number of amides is 2. The van der Waals surface area contributed by atoms with Crippen LogP contribution in [0.5, 0.6) is 0 Å². The van der Waals surface area contributed by atoms with Gasteiger partial charge in [0.25, 0.3) is 5.91 Å². The molecule has 39 heavy (non-hydrogen) atoms. The third kappa shape index (κ3) is 4.65. The van der Waals surface area contributed by atoms with Gasteiger partial charge in [-0.2, -0.15) is 4.98 Å². The number of fused-ring (bicyclic) bond motifs is 1. The minimum Gasteiger partial charge on any atom is -0.453 e. The van der Waals surface area contributed by atoms with Crippen molar-refractivity contribution in [2.45, 2.75) is 12.8 Å². The van der Waals surface area contributed by atoms with E-state index in [1.165, 1.54) is 24.3 Å². The molecule has 2 amide bonds. The van der Waals surface area contributed by atoms with Crippen LogP contribution in [0.1, 0.15) is 27.9 Å². The number of hydrogen-bond acceptors (Lipinski definition) is 9. The Morgan fingerprint density at radius 1 is 1.21 bits per heavy atom. The molecule has 1 aromatic carbocycles. The van der Waals surface area contributed by atoms with Crippen LogP contribution in [0.2, 0.25) is 0 Å². The number of nitrogens with zero attached hydrogens (tertiary/aromatic N) is 6. The van der Waals surface area contributed by atoms with E-state index in [4.69, 9.17) is 9.26 Å². The molecule has 2 aliphatic heterocycles. The lowest BCUT2D eigenvalue weighted by Gasteiger charge is -2.35. The van der Waals surface area contributed by atoms with Crippen molar-refractivity contribution in [2.24, 2.45) is 0 Å². The lowest BCUT2D eigenvalue weighted by atomic mass is 10.0. The number of methoxy groups -OCH3 is 1. The van der Waals surface area contributed by atoms with Gasteiger partial charge in [-0.3, -0.25) is 9.20 Å². The highest BCUT2D eigenvalue weighted by Gasteiger charge is 2.36. The van der Waals surface area contributed by atoms with Crippen LogP contribution < -0.4 is 15.5 Å². The Balaban J connectivity index is 1.23. The summed E-state index contributed by atoms with van der Waals surface area (Å²) in [5, 5.41) is 10.1. The van der Waals surface area contributed by atoms with Gasteiger partial charge in [0, 0.05) is 62.3 Å². The van der Waals surface area contributed by atoms with Crippen LogP contribution in [0.25, 0.3) is 17.0 Å². The molecule has 2 aliphatic rings. The van der Waals surface area contributed by atoms with Crippen LogP contribution in [0.15, 0.2) is 41.2 Å². The molecular formula is C26H27FN8O4. The maximum atomic E-state index is 14.9. The highest BCUT2D eigenvalue weighted by atomic mass is 19.1. The fraction of sp³-hybridized carbons (Fsp3) is 0.346. The summed E-state index contributed by atoms with van der Waals surface area (Å²) in [6, 6.07) is 6.78. The number of rotatable bonds is 5. The number of halogens is 1. The Labute approximate surface area is 222 Å². The lowest BCUT2D eigenvalue weighted by molar-refractivity contribution is 0.0804. The normalized spacial score (nSPS) is 15.9. The van der Waals surface area contributed by atoms with Gasteiger partial charge in [-0.1, -0.05) is 5.16 Å². The van der Waals surface area contributed by atoms with Gasteiger partial charge in [-0.15, -0.1) is 0 Å². The van der Waals surface area contributed by atoms with Gasteiger partial charge < -0.3 is 29.7 Å². The number of hydrogen-bond donors (Lipinski definition) is 2. The Kier molecular flexibility index (Phi) is 6.35. The summed E-state index contributed by atoms with van der Waals surface area (Å²) in [7, 11) is 1.32. The van der Waals surface area contributed by atoms with Gasteiger partial charge in [-0.25, -0.2) is 14.2 Å². The smallest absolute Gasteiger partial charge is 0.409 e. The monoisotopic (exact) mass is 534 g/mol. The van der Waals surface area contributed by atoms with Gasteiger partial charge >= 0.3 is 6.09 Å². The molecule has 5 heterocycles. The van der Waals surface area contributed by atoms with Crippen molar-refractivity contribution in [3.63, 3.8) is 0 Å². The van der Waals surface area contributed by atoms with Gasteiger partial charge in [0.15, 0.2) is 0 Å². The first-order valence-electron chi connectivity index (χ1n) is 12.6. The van der Waals surface area contributed by atoms with Crippen LogP contribution >= 0.6 is 0 Å². The van der Waals surface area contributed by atoms with Gasteiger partial charge in [0.05, 0.1) is 24.9 Å². The number of pyridine rings is 1. The van der Waals surface area contributed by atoms with Gasteiger partial charge in [0.1, 0.15) is 17.2 Å². The van der Waals surface area contributed by atoms with Crippen LogP contribution in [0.4, 0.5) is 20.6 Å². The number of ether oxygens (including phenoxy) is 1. The molecule has 6 rings (SSSR count). The summed E-state index contributed by atoms with van der Waals surface area (Å²) in [5.74, 6) is -0.533. The predicted octanol–water partition coefficient (Wildman–Crippen LogP) is 2.66. The third-order valence-corrected chi connectivity index (χ3v) is 7.16. The number of nitrogens with one attached hydrogen (secondary N) is 2.